The highest BCUT2D eigenvalue weighted by molar-refractivity contribution is 7.98. The molecule has 0 aliphatic carbocycles. The Morgan fingerprint density at radius 1 is 1.65 bits per heavy atom. The molecule has 3 N–H and O–H groups in total. The molecule has 9 heteroatoms. The average Bonchev–Trinajstić information content (AvgIpc) is 2.81. The maximum atomic E-state index is 12.0. The molecule has 1 saturated heterocycles. The Morgan fingerprint density at radius 3 is 2.95 bits per heavy atom. The maximum Gasteiger partial charge on any atom is 0.326 e. The van der Waals surface area contributed by atoms with Crippen LogP contribution in [0.5, 0.6) is 0 Å². The Hall–Kier alpha value is -1.61. The number of rotatable bonds is 7. The first-order valence-electron chi connectivity index (χ1n) is 6.27. The second-order valence-corrected chi connectivity index (χ2v) is 5.53. The quantitative estimate of drug-likeness (QED) is 0.614. The number of hydrogen-bond donors (Lipinski definition) is 3. The van der Waals surface area contributed by atoms with Crippen LogP contribution in [0.4, 0.5) is 0 Å². The molecule has 0 bridgehead atoms. The van der Waals surface area contributed by atoms with Crippen LogP contribution in [-0.2, 0) is 4.79 Å². The van der Waals surface area contributed by atoms with Gasteiger partial charge in [-0.25, -0.2) is 9.48 Å². The summed E-state index contributed by atoms with van der Waals surface area (Å²) in [5.74, 6) is -0.877. The van der Waals surface area contributed by atoms with Gasteiger partial charge in [0.2, 0.25) is 0 Å². The Bertz CT molecular complexity index is 488. The molecule has 1 aliphatic heterocycles. The van der Waals surface area contributed by atoms with Crippen LogP contribution in [0.25, 0.3) is 0 Å². The Kier molecular flexibility index (Phi) is 4.96. The van der Waals surface area contributed by atoms with Gasteiger partial charge >= 0.3 is 5.97 Å². The molecule has 1 fully saturated rings. The molecule has 2 rings (SSSR count). The highest BCUT2D eigenvalue weighted by Crippen LogP contribution is 2.10. The fraction of sp³-hybridized carbons (Fsp3) is 0.636. The van der Waals surface area contributed by atoms with Crippen molar-refractivity contribution in [3.63, 3.8) is 0 Å². The molecule has 0 spiro atoms. The van der Waals surface area contributed by atoms with E-state index < -0.39 is 17.9 Å². The van der Waals surface area contributed by atoms with Gasteiger partial charge in [0, 0.05) is 13.1 Å². The minimum Gasteiger partial charge on any atom is -0.480 e. The van der Waals surface area contributed by atoms with E-state index in [1.54, 1.807) is 10.9 Å². The number of carboxylic acids is 1. The predicted molar refractivity (Wildman–Crippen MR) is 73.8 cm³/mol. The van der Waals surface area contributed by atoms with E-state index in [-0.39, 0.29) is 11.7 Å². The van der Waals surface area contributed by atoms with Crippen molar-refractivity contribution in [3.8, 4) is 0 Å². The van der Waals surface area contributed by atoms with E-state index in [1.165, 1.54) is 11.8 Å². The smallest absolute Gasteiger partial charge is 0.326 e. The fourth-order valence-corrected chi connectivity index (χ4v) is 2.22. The number of nitrogens with zero attached hydrogens (tertiary/aromatic N) is 3. The van der Waals surface area contributed by atoms with Gasteiger partial charge in [0.25, 0.3) is 5.91 Å². The summed E-state index contributed by atoms with van der Waals surface area (Å²) in [6.07, 6.45) is 3.82. The minimum atomic E-state index is -1.04. The average molecular weight is 299 g/mol. The zero-order chi connectivity index (χ0) is 14.5. The lowest BCUT2D eigenvalue weighted by Crippen LogP contribution is -2.43. The summed E-state index contributed by atoms with van der Waals surface area (Å²) in [7, 11) is 0. The summed E-state index contributed by atoms with van der Waals surface area (Å²) >= 11 is 1.54. The number of thioether (sulfide) groups is 1. The van der Waals surface area contributed by atoms with Crippen LogP contribution in [0.3, 0.4) is 0 Å². The molecule has 1 atom stereocenters. The first kappa shape index (κ1) is 14.8. The van der Waals surface area contributed by atoms with Gasteiger partial charge in [-0.2, -0.15) is 11.8 Å². The van der Waals surface area contributed by atoms with E-state index in [0.717, 1.165) is 13.1 Å². The summed E-state index contributed by atoms with van der Waals surface area (Å²) in [5, 5.41) is 22.3. The van der Waals surface area contributed by atoms with E-state index in [2.05, 4.69) is 20.9 Å². The molecule has 8 nitrogen and oxygen atoms in total. The summed E-state index contributed by atoms with van der Waals surface area (Å²) in [5.41, 5.74) is 0.146. The molecule has 2 heterocycles. The van der Waals surface area contributed by atoms with Crippen molar-refractivity contribution in [1.29, 1.82) is 0 Å². The second-order valence-electron chi connectivity index (χ2n) is 4.54. The fourth-order valence-electron chi connectivity index (χ4n) is 1.74. The topological polar surface area (TPSA) is 109 Å². The molecule has 20 heavy (non-hydrogen) atoms. The van der Waals surface area contributed by atoms with Crippen molar-refractivity contribution in [1.82, 2.24) is 25.6 Å². The van der Waals surface area contributed by atoms with E-state index in [9.17, 15) is 9.59 Å². The zero-order valence-electron chi connectivity index (χ0n) is 11.1. The Labute approximate surface area is 120 Å². The van der Waals surface area contributed by atoms with Gasteiger partial charge in [-0.05, 0) is 18.4 Å². The van der Waals surface area contributed by atoms with Gasteiger partial charge in [-0.15, -0.1) is 5.10 Å². The van der Waals surface area contributed by atoms with Crippen LogP contribution in [-0.4, -0.2) is 63.1 Å². The molecule has 1 aliphatic rings. The Balaban J connectivity index is 1.95. The van der Waals surface area contributed by atoms with Crippen molar-refractivity contribution < 1.29 is 14.7 Å². The molecule has 0 radical (unpaired) electrons. The standard InChI is InChI=1S/C11H17N5O3S/c1-20-3-2-8(11(18)19)13-10(17)9-6-16(15-14-9)7-4-12-5-7/h6-8,12H,2-5H2,1H3,(H,13,17)(H,18,19)/t8-/m0/s1. The highest BCUT2D eigenvalue weighted by Gasteiger charge is 2.24. The summed E-state index contributed by atoms with van der Waals surface area (Å²) in [6, 6.07) is -0.679. The maximum absolute atomic E-state index is 12.0. The van der Waals surface area contributed by atoms with Crippen LogP contribution in [0.1, 0.15) is 23.0 Å². The SMILES string of the molecule is CSCC[C@H](NC(=O)c1cn(C2CNC2)nn1)C(=O)O. The van der Waals surface area contributed by atoms with Crippen LogP contribution in [0, 0.1) is 0 Å². The number of aromatic nitrogens is 3. The van der Waals surface area contributed by atoms with Gasteiger partial charge < -0.3 is 15.7 Å². The van der Waals surface area contributed by atoms with Gasteiger partial charge in [0.1, 0.15) is 6.04 Å². The number of hydrogen-bond acceptors (Lipinski definition) is 6. The third kappa shape index (κ3) is 3.48. The van der Waals surface area contributed by atoms with Gasteiger partial charge in [0.15, 0.2) is 5.69 Å². The predicted octanol–water partition coefficient (Wildman–Crippen LogP) is -0.641. The largest absolute Gasteiger partial charge is 0.480 e. The number of carbonyl (C=O) groups is 2. The zero-order valence-corrected chi connectivity index (χ0v) is 11.9. The van der Waals surface area contributed by atoms with E-state index >= 15 is 0 Å². The number of nitrogens with one attached hydrogen (secondary N) is 2. The molecule has 0 aromatic carbocycles. The van der Waals surface area contributed by atoms with Crippen LogP contribution in [0.15, 0.2) is 6.20 Å². The Morgan fingerprint density at radius 2 is 2.40 bits per heavy atom. The van der Waals surface area contributed by atoms with Crippen molar-refractivity contribution in [3.05, 3.63) is 11.9 Å². The van der Waals surface area contributed by atoms with E-state index in [1.807, 2.05) is 6.26 Å². The minimum absolute atomic E-state index is 0.146. The van der Waals surface area contributed by atoms with Crippen LogP contribution < -0.4 is 10.6 Å². The van der Waals surface area contributed by atoms with Crippen LogP contribution >= 0.6 is 11.8 Å². The van der Waals surface area contributed by atoms with Crippen molar-refractivity contribution >= 4 is 23.6 Å². The normalized spacial score (nSPS) is 16.4. The van der Waals surface area contributed by atoms with Crippen molar-refractivity contribution in [2.75, 3.05) is 25.1 Å². The van der Waals surface area contributed by atoms with Crippen LogP contribution in [0.2, 0.25) is 0 Å². The summed E-state index contributed by atoms with van der Waals surface area (Å²) in [6.45, 7) is 1.60. The molecular weight excluding hydrogens is 282 g/mol. The van der Waals surface area contributed by atoms with E-state index in [4.69, 9.17) is 5.11 Å². The van der Waals surface area contributed by atoms with E-state index in [0.29, 0.717) is 12.2 Å². The first-order chi connectivity index (χ1) is 9.61. The first-order valence-corrected chi connectivity index (χ1v) is 7.66. The highest BCUT2D eigenvalue weighted by atomic mass is 32.2. The third-order valence-electron chi connectivity index (χ3n) is 3.09. The summed E-state index contributed by atoms with van der Waals surface area (Å²) in [4.78, 5) is 23.0. The van der Waals surface area contributed by atoms with Crippen molar-refractivity contribution in [2.24, 2.45) is 0 Å². The number of carboxylic acid groups (broad SMARTS) is 1. The van der Waals surface area contributed by atoms with Gasteiger partial charge in [-0.3, -0.25) is 4.79 Å². The molecule has 1 amide bonds. The number of carbonyl (C=O) groups excluding carboxylic acids is 1. The monoisotopic (exact) mass is 299 g/mol. The second kappa shape index (κ2) is 6.71. The molecule has 1 aromatic heterocycles. The third-order valence-corrected chi connectivity index (χ3v) is 3.73. The number of amides is 1. The molecule has 110 valence electrons. The lowest BCUT2D eigenvalue weighted by atomic mass is 10.2. The summed E-state index contributed by atoms with van der Waals surface area (Å²) < 4.78 is 1.63. The molecule has 1 aromatic rings. The number of aliphatic carboxylic acids is 1. The van der Waals surface area contributed by atoms with Gasteiger partial charge in [-0.1, -0.05) is 5.21 Å². The molecule has 0 unspecified atom stereocenters. The molecule has 0 saturated carbocycles. The van der Waals surface area contributed by atoms with Gasteiger partial charge in [0.05, 0.1) is 12.2 Å². The van der Waals surface area contributed by atoms with Crippen molar-refractivity contribution in [2.45, 2.75) is 18.5 Å². The lowest BCUT2D eigenvalue weighted by Gasteiger charge is -2.26. The molecular formula is C11H17N5O3S. The lowest BCUT2D eigenvalue weighted by molar-refractivity contribution is -0.139.